The predicted octanol–water partition coefficient (Wildman–Crippen LogP) is 2.83. The Bertz CT molecular complexity index is 848. The van der Waals surface area contributed by atoms with Gasteiger partial charge in [-0.25, -0.2) is 4.52 Å². The number of carbonyl (C=O) groups is 1. The maximum atomic E-state index is 12.5. The van der Waals surface area contributed by atoms with Crippen molar-refractivity contribution in [2.45, 2.75) is 32.2 Å². The van der Waals surface area contributed by atoms with E-state index in [0.717, 1.165) is 29.0 Å². The number of nitrogens with one attached hydrogen (secondary N) is 1. The lowest BCUT2D eigenvalue weighted by Gasteiger charge is -2.05. The molecule has 3 aromatic heterocycles. The zero-order valence-corrected chi connectivity index (χ0v) is 12.5. The molecule has 0 bridgehead atoms. The number of furan rings is 1. The summed E-state index contributed by atoms with van der Waals surface area (Å²) in [7, 11) is 0. The number of aromatic nitrogens is 2. The summed E-state index contributed by atoms with van der Waals surface area (Å²) >= 11 is 0. The van der Waals surface area contributed by atoms with E-state index in [1.165, 1.54) is 0 Å². The fraction of sp³-hybridized carbons (Fsp3) is 0.294. The molecule has 1 aliphatic rings. The first-order valence-electron chi connectivity index (χ1n) is 7.43. The van der Waals surface area contributed by atoms with Crippen LogP contribution in [0.2, 0.25) is 0 Å². The Kier molecular flexibility index (Phi) is 2.82. The van der Waals surface area contributed by atoms with E-state index in [-0.39, 0.29) is 11.9 Å². The molecular weight excluding hydrogens is 278 g/mol. The van der Waals surface area contributed by atoms with Gasteiger partial charge < -0.3 is 9.73 Å². The molecule has 0 spiro atoms. The van der Waals surface area contributed by atoms with E-state index in [2.05, 4.69) is 10.4 Å². The van der Waals surface area contributed by atoms with Crippen LogP contribution < -0.4 is 5.32 Å². The second-order valence-corrected chi connectivity index (χ2v) is 5.89. The molecule has 0 unspecified atom stereocenters. The van der Waals surface area contributed by atoms with Crippen LogP contribution in [0.1, 0.15) is 39.7 Å². The normalized spacial score (nSPS) is 20.3. The zero-order chi connectivity index (χ0) is 15.3. The fourth-order valence-electron chi connectivity index (χ4n) is 2.87. The van der Waals surface area contributed by atoms with Crippen molar-refractivity contribution in [3.63, 3.8) is 0 Å². The number of aryl methyl sites for hydroxylation is 2. The van der Waals surface area contributed by atoms with Crippen LogP contribution in [0, 0.1) is 13.8 Å². The number of fused-ring (bicyclic) bond motifs is 1. The van der Waals surface area contributed by atoms with Gasteiger partial charge in [0.1, 0.15) is 5.76 Å². The third kappa shape index (κ3) is 2.01. The molecule has 1 saturated carbocycles. The van der Waals surface area contributed by atoms with Gasteiger partial charge in [-0.2, -0.15) is 5.10 Å². The van der Waals surface area contributed by atoms with E-state index in [9.17, 15) is 4.79 Å². The average Bonchev–Trinajstić information content (AvgIpc) is 2.96. The van der Waals surface area contributed by atoms with Crippen molar-refractivity contribution in [2.75, 3.05) is 0 Å². The summed E-state index contributed by atoms with van der Waals surface area (Å²) in [6, 6.07) is 7.95. The van der Waals surface area contributed by atoms with E-state index < -0.39 is 0 Å². The first-order valence-corrected chi connectivity index (χ1v) is 7.43. The largest absolute Gasteiger partial charge is 0.469 e. The fourth-order valence-corrected chi connectivity index (χ4v) is 2.87. The SMILES string of the molecule is Cc1ccc2c(C(=O)N[C@@H]3C[C@H]3c3ccco3)cnn2c1C. The molecule has 0 saturated heterocycles. The highest BCUT2D eigenvalue weighted by Gasteiger charge is 2.41. The number of amides is 1. The van der Waals surface area contributed by atoms with Gasteiger partial charge in [0.25, 0.3) is 5.91 Å². The highest BCUT2D eigenvalue weighted by Crippen LogP contribution is 2.41. The van der Waals surface area contributed by atoms with Gasteiger partial charge in [0.05, 0.1) is 23.5 Å². The summed E-state index contributed by atoms with van der Waals surface area (Å²) < 4.78 is 7.21. The molecule has 22 heavy (non-hydrogen) atoms. The molecule has 5 nitrogen and oxygen atoms in total. The number of nitrogens with zero attached hydrogens (tertiary/aromatic N) is 2. The smallest absolute Gasteiger partial charge is 0.255 e. The minimum Gasteiger partial charge on any atom is -0.469 e. The van der Waals surface area contributed by atoms with Crippen LogP contribution in [0.4, 0.5) is 0 Å². The number of carbonyl (C=O) groups excluding carboxylic acids is 1. The molecule has 1 N–H and O–H groups in total. The van der Waals surface area contributed by atoms with Crippen molar-refractivity contribution in [2.24, 2.45) is 0 Å². The van der Waals surface area contributed by atoms with E-state index in [1.807, 2.05) is 42.6 Å². The second kappa shape index (κ2) is 4.73. The van der Waals surface area contributed by atoms with Gasteiger partial charge in [-0.3, -0.25) is 4.79 Å². The monoisotopic (exact) mass is 295 g/mol. The van der Waals surface area contributed by atoms with Crippen molar-refractivity contribution in [1.82, 2.24) is 14.9 Å². The standard InChI is InChI=1S/C17H17N3O2/c1-10-5-6-15-13(9-18-20(15)11(10)2)17(21)19-14-8-12(14)16-4-3-7-22-16/h3-7,9,12,14H,8H2,1-2H3,(H,19,21)/t12-,14-/m1/s1. The summed E-state index contributed by atoms with van der Waals surface area (Å²) in [6.45, 7) is 4.04. The highest BCUT2D eigenvalue weighted by atomic mass is 16.3. The van der Waals surface area contributed by atoms with Gasteiger partial charge in [0.2, 0.25) is 0 Å². The molecule has 1 amide bonds. The maximum Gasteiger partial charge on any atom is 0.255 e. The Morgan fingerprint density at radius 2 is 2.23 bits per heavy atom. The molecule has 0 aliphatic heterocycles. The average molecular weight is 295 g/mol. The number of hydrogen-bond donors (Lipinski definition) is 1. The number of rotatable bonds is 3. The highest BCUT2D eigenvalue weighted by molar-refractivity contribution is 6.01. The van der Waals surface area contributed by atoms with Gasteiger partial charge in [-0.05, 0) is 44.0 Å². The van der Waals surface area contributed by atoms with E-state index >= 15 is 0 Å². The Morgan fingerprint density at radius 1 is 1.36 bits per heavy atom. The van der Waals surface area contributed by atoms with Crippen molar-refractivity contribution >= 4 is 11.4 Å². The van der Waals surface area contributed by atoms with Crippen LogP contribution in [0.5, 0.6) is 0 Å². The molecule has 3 aromatic rings. The topological polar surface area (TPSA) is 59.5 Å². The summed E-state index contributed by atoms with van der Waals surface area (Å²) in [5.41, 5.74) is 3.67. The molecule has 0 radical (unpaired) electrons. The van der Waals surface area contributed by atoms with Gasteiger partial charge in [0, 0.05) is 17.7 Å². The predicted molar refractivity (Wildman–Crippen MR) is 82.0 cm³/mol. The maximum absolute atomic E-state index is 12.5. The molecule has 1 aliphatic carbocycles. The minimum absolute atomic E-state index is 0.0719. The third-order valence-corrected chi connectivity index (χ3v) is 4.45. The Balaban J connectivity index is 1.56. The lowest BCUT2D eigenvalue weighted by Crippen LogP contribution is -2.26. The summed E-state index contributed by atoms with van der Waals surface area (Å²) in [6.07, 6.45) is 4.24. The van der Waals surface area contributed by atoms with Gasteiger partial charge in [0.15, 0.2) is 0 Å². The molecule has 1 fully saturated rings. The van der Waals surface area contributed by atoms with Crippen molar-refractivity contribution in [1.29, 1.82) is 0 Å². The van der Waals surface area contributed by atoms with Crippen molar-refractivity contribution < 1.29 is 9.21 Å². The summed E-state index contributed by atoms with van der Waals surface area (Å²) in [5, 5.41) is 7.40. The summed E-state index contributed by atoms with van der Waals surface area (Å²) in [5.74, 6) is 1.17. The minimum atomic E-state index is -0.0719. The summed E-state index contributed by atoms with van der Waals surface area (Å²) in [4.78, 5) is 12.5. The first kappa shape index (κ1) is 13.1. The van der Waals surface area contributed by atoms with E-state index in [1.54, 1.807) is 12.5 Å². The van der Waals surface area contributed by atoms with E-state index in [0.29, 0.717) is 11.5 Å². The molecule has 4 rings (SSSR count). The Morgan fingerprint density at radius 3 is 3.00 bits per heavy atom. The lowest BCUT2D eigenvalue weighted by atomic mass is 10.2. The Labute approximate surface area is 127 Å². The molecule has 3 heterocycles. The number of hydrogen-bond acceptors (Lipinski definition) is 3. The van der Waals surface area contributed by atoms with Crippen LogP contribution in [-0.2, 0) is 0 Å². The molecule has 5 heteroatoms. The van der Waals surface area contributed by atoms with Gasteiger partial charge in [-0.15, -0.1) is 0 Å². The second-order valence-electron chi connectivity index (χ2n) is 5.89. The molecular formula is C17H17N3O2. The Hall–Kier alpha value is -2.56. The first-order chi connectivity index (χ1) is 10.6. The van der Waals surface area contributed by atoms with Crippen molar-refractivity contribution in [3.05, 3.63) is 59.3 Å². The molecule has 0 aromatic carbocycles. The van der Waals surface area contributed by atoms with Crippen LogP contribution in [0.3, 0.4) is 0 Å². The third-order valence-electron chi connectivity index (χ3n) is 4.45. The lowest BCUT2D eigenvalue weighted by molar-refractivity contribution is 0.0951. The van der Waals surface area contributed by atoms with Crippen LogP contribution in [0.15, 0.2) is 41.1 Å². The zero-order valence-electron chi connectivity index (χ0n) is 12.5. The van der Waals surface area contributed by atoms with Crippen LogP contribution in [0.25, 0.3) is 5.52 Å². The number of pyridine rings is 1. The van der Waals surface area contributed by atoms with Gasteiger partial charge in [-0.1, -0.05) is 6.07 Å². The molecule has 112 valence electrons. The van der Waals surface area contributed by atoms with E-state index in [4.69, 9.17) is 4.42 Å². The van der Waals surface area contributed by atoms with Crippen molar-refractivity contribution in [3.8, 4) is 0 Å². The van der Waals surface area contributed by atoms with Crippen LogP contribution in [-0.4, -0.2) is 21.6 Å². The van der Waals surface area contributed by atoms with Gasteiger partial charge >= 0.3 is 0 Å². The quantitative estimate of drug-likeness (QED) is 0.808. The van der Waals surface area contributed by atoms with Crippen LogP contribution >= 0.6 is 0 Å². The molecule has 2 atom stereocenters.